The number of allylic oxidation sites excluding steroid dienone is 1. The van der Waals surface area contributed by atoms with E-state index in [4.69, 9.17) is 9.72 Å². The van der Waals surface area contributed by atoms with E-state index in [1.54, 1.807) is 27.8 Å². The predicted molar refractivity (Wildman–Crippen MR) is 151 cm³/mol. The number of carbonyl (C=O) groups is 1. The predicted octanol–water partition coefficient (Wildman–Crippen LogP) is 3.57. The van der Waals surface area contributed by atoms with Crippen molar-refractivity contribution in [2.75, 3.05) is 25.1 Å². The van der Waals surface area contributed by atoms with Crippen LogP contribution in [-0.2, 0) is 30.7 Å². The number of rotatable bonds is 10. The number of fused-ring (bicyclic) bond motifs is 3. The fraction of sp³-hybridized carbons (Fsp3) is 0.393. The number of anilines is 1. The lowest BCUT2D eigenvalue weighted by Crippen LogP contribution is -2.42. The summed E-state index contributed by atoms with van der Waals surface area (Å²) in [5, 5.41) is 3.44. The minimum absolute atomic E-state index is 0.0367. The number of benzene rings is 1. The van der Waals surface area contributed by atoms with Gasteiger partial charge < -0.3 is 19.2 Å². The van der Waals surface area contributed by atoms with Gasteiger partial charge >= 0.3 is 6.09 Å². The number of carbonyl (C=O) groups excluding carboxylic acids is 1. The van der Waals surface area contributed by atoms with Crippen molar-refractivity contribution in [1.82, 2.24) is 19.4 Å². The van der Waals surface area contributed by atoms with Crippen LogP contribution in [0.2, 0.25) is 0 Å². The number of hydrogen-bond donors (Lipinski definition) is 1. The van der Waals surface area contributed by atoms with Crippen molar-refractivity contribution in [2.45, 2.75) is 52.2 Å². The Bertz CT molecular complexity index is 1420. The number of ether oxygens (including phenoxy) is 1. The van der Waals surface area contributed by atoms with Crippen LogP contribution in [0.4, 0.5) is 10.5 Å². The minimum Gasteiger partial charge on any atom is -0.452 e. The number of hydrogen-bond acceptors (Lipinski definition) is 6. The van der Waals surface area contributed by atoms with Gasteiger partial charge in [0.2, 0.25) is 0 Å². The van der Waals surface area contributed by atoms with Gasteiger partial charge in [0, 0.05) is 56.5 Å². The van der Waals surface area contributed by atoms with E-state index in [9.17, 15) is 9.59 Å². The van der Waals surface area contributed by atoms with Gasteiger partial charge in [-0.25, -0.2) is 14.8 Å². The minimum atomic E-state index is -0.362. The van der Waals surface area contributed by atoms with Gasteiger partial charge in [-0.3, -0.25) is 14.7 Å². The molecular weight excluding hydrogens is 482 g/mol. The molecule has 1 N–H and O–H groups in total. The zero-order valence-corrected chi connectivity index (χ0v) is 22.3. The highest BCUT2D eigenvalue weighted by Gasteiger charge is 2.31. The second-order valence-corrected chi connectivity index (χ2v) is 9.20. The molecule has 0 saturated carbocycles. The number of aliphatic imine (C=N–C) groups is 2. The third-order valence-corrected chi connectivity index (χ3v) is 6.90. The first kappa shape index (κ1) is 27.0. The molecular formula is C28H35N7O3. The third kappa shape index (κ3) is 5.75. The zero-order chi connectivity index (χ0) is 27.1. The van der Waals surface area contributed by atoms with Crippen LogP contribution in [-0.4, -0.2) is 59.5 Å². The topological polar surface area (TPSA) is 106 Å². The Morgan fingerprint density at radius 3 is 2.87 bits per heavy atom. The van der Waals surface area contributed by atoms with Crippen molar-refractivity contribution in [3.05, 3.63) is 70.0 Å². The molecule has 0 unspecified atom stereocenters. The van der Waals surface area contributed by atoms with E-state index in [0.717, 1.165) is 46.6 Å². The highest BCUT2D eigenvalue weighted by molar-refractivity contribution is 5.95. The first-order valence-corrected chi connectivity index (χ1v) is 12.9. The molecule has 38 heavy (non-hydrogen) atoms. The smallest absolute Gasteiger partial charge is 0.414 e. The van der Waals surface area contributed by atoms with E-state index >= 15 is 0 Å². The Labute approximate surface area is 222 Å². The summed E-state index contributed by atoms with van der Waals surface area (Å²) in [5.74, 6) is 0.898. The van der Waals surface area contributed by atoms with Crippen molar-refractivity contribution in [3.8, 4) is 0 Å². The van der Waals surface area contributed by atoms with Gasteiger partial charge in [-0.1, -0.05) is 12.1 Å². The largest absolute Gasteiger partial charge is 0.452 e. The molecule has 3 heterocycles. The molecule has 1 atom stereocenters. The quantitative estimate of drug-likeness (QED) is 0.251. The molecule has 10 heteroatoms. The van der Waals surface area contributed by atoms with Gasteiger partial charge in [0.25, 0.3) is 5.56 Å². The van der Waals surface area contributed by atoms with Crippen LogP contribution in [0, 0.1) is 0 Å². The van der Waals surface area contributed by atoms with Crippen molar-refractivity contribution < 1.29 is 9.53 Å². The van der Waals surface area contributed by atoms with E-state index in [1.807, 2.05) is 38.1 Å². The summed E-state index contributed by atoms with van der Waals surface area (Å²) in [6.07, 6.45) is 7.06. The Morgan fingerprint density at radius 1 is 1.29 bits per heavy atom. The molecule has 1 aliphatic rings. The van der Waals surface area contributed by atoms with Crippen LogP contribution in [0.1, 0.15) is 31.7 Å². The fourth-order valence-corrected chi connectivity index (χ4v) is 4.90. The number of aromatic nitrogens is 3. The molecule has 1 amide bonds. The van der Waals surface area contributed by atoms with E-state index in [0.29, 0.717) is 32.6 Å². The summed E-state index contributed by atoms with van der Waals surface area (Å²) in [7, 11) is 1.41. The van der Waals surface area contributed by atoms with Crippen molar-refractivity contribution in [3.63, 3.8) is 0 Å². The summed E-state index contributed by atoms with van der Waals surface area (Å²) < 4.78 is 8.98. The van der Waals surface area contributed by atoms with Crippen LogP contribution in [0.15, 0.2) is 63.1 Å². The maximum absolute atomic E-state index is 12.6. The highest BCUT2D eigenvalue weighted by Crippen LogP contribution is 2.36. The van der Waals surface area contributed by atoms with E-state index in [1.165, 1.54) is 13.4 Å². The fourth-order valence-electron chi connectivity index (χ4n) is 4.90. The standard InChI is InChI=1S/C28H35N7O3/c1-5-21(31-19-29-3)18-30-14-17-34-24-12-11-23-22(10-9-20(2)35(23)28(37)38-4)27(24)32-25(34)13-16-33-15-7-6-8-26(33)36/h5-8,11-12,15,19-20,30H,3,9-10,13-14,16-18H2,1-2,4H3/b21-5-,31-19-/t20-/m0/s1. The zero-order valence-electron chi connectivity index (χ0n) is 22.3. The van der Waals surface area contributed by atoms with Gasteiger partial charge in [-0.05, 0) is 51.6 Å². The van der Waals surface area contributed by atoms with Gasteiger partial charge in [0.05, 0.1) is 29.5 Å². The van der Waals surface area contributed by atoms with Gasteiger partial charge in [-0.15, -0.1) is 0 Å². The van der Waals surface area contributed by atoms with E-state index < -0.39 is 0 Å². The molecule has 0 spiro atoms. The SMILES string of the molecule is C=N/C=N\C(=C/C)CNCCn1c(CCn2ccccc2=O)nc2c3c(ccc21)N(C(=O)OC)[C@@H](C)CC3. The lowest BCUT2D eigenvalue weighted by Gasteiger charge is -2.34. The maximum atomic E-state index is 12.6. The maximum Gasteiger partial charge on any atom is 0.414 e. The summed E-state index contributed by atoms with van der Waals surface area (Å²) in [6.45, 7) is 9.90. The van der Waals surface area contributed by atoms with Crippen molar-refractivity contribution >= 4 is 35.9 Å². The number of nitrogens with zero attached hydrogens (tertiary/aromatic N) is 6. The molecule has 2 aromatic heterocycles. The molecule has 4 rings (SSSR count). The molecule has 10 nitrogen and oxygen atoms in total. The second kappa shape index (κ2) is 12.5. The molecule has 0 aliphatic carbocycles. The molecule has 3 aromatic rings. The Kier molecular flexibility index (Phi) is 8.85. The Morgan fingerprint density at radius 2 is 2.13 bits per heavy atom. The average molecular weight is 518 g/mol. The summed E-state index contributed by atoms with van der Waals surface area (Å²) in [6, 6.07) is 9.24. The van der Waals surface area contributed by atoms with Crippen LogP contribution in [0.25, 0.3) is 11.0 Å². The first-order chi connectivity index (χ1) is 18.5. The monoisotopic (exact) mass is 517 g/mol. The molecule has 0 saturated heterocycles. The van der Waals surface area contributed by atoms with E-state index in [-0.39, 0.29) is 17.7 Å². The first-order valence-electron chi connectivity index (χ1n) is 12.9. The third-order valence-electron chi connectivity index (χ3n) is 6.90. The Balaban J connectivity index is 1.65. The number of amides is 1. The van der Waals surface area contributed by atoms with Gasteiger partial charge in [-0.2, -0.15) is 0 Å². The summed E-state index contributed by atoms with van der Waals surface area (Å²) in [4.78, 5) is 39.6. The summed E-state index contributed by atoms with van der Waals surface area (Å²) in [5.41, 5.74) is 4.66. The lowest BCUT2D eigenvalue weighted by molar-refractivity contribution is 0.175. The van der Waals surface area contributed by atoms with Crippen LogP contribution >= 0.6 is 0 Å². The number of imidazole rings is 1. The lowest BCUT2D eigenvalue weighted by atomic mass is 9.96. The average Bonchev–Trinajstić information content (AvgIpc) is 3.29. The highest BCUT2D eigenvalue weighted by atomic mass is 16.5. The Hall–Kier alpha value is -4.05. The summed E-state index contributed by atoms with van der Waals surface area (Å²) >= 11 is 0. The van der Waals surface area contributed by atoms with Crippen molar-refractivity contribution in [2.24, 2.45) is 9.98 Å². The molecule has 0 radical (unpaired) electrons. The second-order valence-electron chi connectivity index (χ2n) is 9.20. The number of aryl methyl sites for hydroxylation is 3. The van der Waals surface area contributed by atoms with Crippen LogP contribution < -0.4 is 15.8 Å². The number of nitrogens with one attached hydrogen (secondary N) is 1. The van der Waals surface area contributed by atoms with Gasteiger partial charge in [0.1, 0.15) is 12.2 Å². The number of methoxy groups -OCH3 is 1. The molecule has 0 fully saturated rings. The number of pyridine rings is 1. The van der Waals surface area contributed by atoms with Crippen molar-refractivity contribution in [1.29, 1.82) is 0 Å². The molecule has 1 aromatic carbocycles. The molecule has 1 aliphatic heterocycles. The molecule has 200 valence electrons. The van der Waals surface area contributed by atoms with E-state index in [2.05, 4.69) is 26.6 Å². The van der Waals surface area contributed by atoms with Crippen LogP contribution in [0.5, 0.6) is 0 Å². The molecule has 0 bridgehead atoms. The normalized spacial score (nSPS) is 15.7. The van der Waals surface area contributed by atoms with Gasteiger partial charge in [0.15, 0.2) is 0 Å². The van der Waals surface area contributed by atoms with Crippen LogP contribution in [0.3, 0.4) is 0 Å².